The Morgan fingerprint density at radius 2 is 1.34 bits per heavy atom. The largest absolute Gasteiger partial charge is 0.465 e. The summed E-state index contributed by atoms with van der Waals surface area (Å²) in [5.41, 5.74) is 5.77. The number of amides is 4. The molecular weight excluding hydrogens is 777 g/mol. The van der Waals surface area contributed by atoms with Gasteiger partial charge in [-0.1, -0.05) is 76.2 Å². The van der Waals surface area contributed by atoms with Crippen LogP contribution < -0.4 is 16.0 Å². The third-order valence-corrected chi connectivity index (χ3v) is 12.7. The lowest BCUT2D eigenvalue weighted by molar-refractivity contribution is -0.143. The van der Waals surface area contributed by atoms with Crippen molar-refractivity contribution in [3.05, 3.63) is 72.6 Å². The minimum Gasteiger partial charge on any atom is -0.465 e. The summed E-state index contributed by atoms with van der Waals surface area (Å²) >= 11 is 0. The lowest BCUT2D eigenvalue weighted by Gasteiger charge is -2.31. The lowest BCUT2D eigenvalue weighted by Crippen LogP contribution is -2.53. The van der Waals surface area contributed by atoms with Gasteiger partial charge in [0.25, 0.3) is 0 Å². The molecule has 4 aromatic rings. The number of nitrogens with one attached hydrogen (secondary N) is 5. The number of imidazole rings is 2. The van der Waals surface area contributed by atoms with Crippen molar-refractivity contribution in [2.24, 2.45) is 29.6 Å². The number of carbonyl (C=O) groups is 5. The second kappa shape index (κ2) is 18.7. The Morgan fingerprint density at radius 1 is 0.770 bits per heavy atom. The monoisotopic (exact) mass is 834 g/mol. The third-order valence-electron chi connectivity index (χ3n) is 12.7. The number of methoxy groups -OCH3 is 1. The minimum atomic E-state index is -0.781. The summed E-state index contributed by atoms with van der Waals surface area (Å²) in [4.78, 5) is 82.7. The van der Waals surface area contributed by atoms with E-state index < -0.39 is 30.1 Å². The second-order valence-electron chi connectivity index (χ2n) is 17.2. The van der Waals surface area contributed by atoms with Gasteiger partial charge >= 0.3 is 12.1 Å². The molecule has 3 fully saturated rings. The number of nitrogens with zero attached hydrogens (tertiary/aromatic N) is 3. The standard InChI is InChI=1S/C46H58N8O7/c1-7-61-36(55)24-49-44(57)39(25(2)3)52-43(56)38-32-19-18-31(21-32)37(38)42-48-23-34(51-42)30-16-12-28(13-17-30)27-10-14-29(15-11-27)33-22-47-41(50-33)35-9-8-20-54(35)45(58)40(26(4)5)53-46(59)60-6/h10-17,22-23,25-26,31-32,35,37-40H,7-9,18-21,24H2,1-6H3,(H,47,50)(H,48,51)(H,49,57)(H,52,56)(H,53,59)/t31-,32+,35-,37+,38+,39?,40-/m0/s1. The van der Waals surface area contributed by atoms with Crippen molar-refractivity contribution in [1.82, 2.24) is 40.8 Å². The highest BCUT2D eigenvalue weighted by Gasteiger charge is 2.53. The number of alkyl carbamates (subject to hydrolysis) is 1. The summed E-state index contributed by atoms with van der Waals surface area (Å²) in [5, 5.41) is 8.34. The zero-order valence-electron chi connectivity index (χ0n) is 35.8. The third kappa shape index (κ3) is 9.35. The first-order valence-electron chi connectivity index (χ1n) is 21.6. The van der Waals surface area contributed by atoms with E-state index in [2.05, 4.69) is 79.4 Å². The SMILES string of the molecule is CCOC(=O)CNC(=O)C(NC(=O)[C@@H]1[C@@H]2CC[C@@H](C2)[C@H]1c1ncc(-c2ccc(-c3ccc(-c4cnc([C@@H]5CCCN5C(=O)[C@@H](NC(=O)OC)C(C)C)[nH]4)cc3)cc2)[nH]1)C(C)C. The summed E-state index contributed by atoms with van der Waals surface area (Å²) in [6.45, 7) is 9.82. The van der Waals surface area contributed by atoms with Crippen LogP contribution in [0.3, 0.4) is 0 Å². The highest BCUT2D eigenvalue weighted by atomic mass is 16.5. The Balaban J connectivity index is 0.993. The predicted molar refractivity (Wildman–Crippen MR) is 228 cm³/mol. The molecule has 3 heterocycles. The molecule has 1 unspecified atom stereocenters. The number of aromatic nitrogens is 4. The molecule has 61 heavy (non-hydrogen) atoms. The van der Waals surface area contributed by atoms with Crippen LogP contribution in [0.15, 0.2) is 60.9 Å². The number of benzene rings is 2. The molecule has 7 atom stereocenters. The Labute approximate surface area is 356 Å². The molecule has 2 aromatic carbocycles. The van der Waals surface area contributed by atoms with Crippen LogP contribution in [0.2, 0.25) is 0 Å². The summed E-state index contributed by atoms with van der Waals surface area (Å²) in [6, 6.07) is 14.8. The van der Waals surface area contributed by atoms with E-state index in [1.165, 1.54) is 7.11 Å². The van der Waals surface area contributed by atoms with E-state index >= 15 is 0 Å². The van der Waals surface area contributed by atoms with E-state index in [-0.39, 0.29) is 60.6 Å². The molecule has 15 heteroatoms. The van der Waals surface area contributed by atoms with Crippen molar-refractivity contribution in [2.75, 3.05) is 26.8 Å². The topological polar surface area (TPSA) is 200 Å². The van der Waals surface area contributed by atoms with Crippen LogP contribution in [0.5, 0.6) is 0 Å². The molecule has 2 bridgehead atoms. The molecule has 2 saturated carbocycles. The number of aromatic amines is 2. The van der Waals surface area contributed by atoms with Gasteiger partial charge in [-0.25, -0.2) is 14.8 Å². The number of hydrogen-bond acceptors (Lipinski definition) is 9. The summed E-state index contributed by atoms with van der Waals surface area (Å²) < 4.78 is 9.70. The van der Waals surface area contributed by atoms with E-state index in [1.807, 2.05) is 33.9 Å². The number of likely N-dealkylation sites (tertiary alicyclic amines) is 1. The highest BCUT2D eigenvalue weighted by molar-refractivity contribution is 5.91. The second-order valence-corrected chi connectivity index (χ2v) is 17.2. The van der Waals surface area contributed by atoms with Crippen LogP contribution in [-0.4, -0.2) is 93.5 Å². The van der Waals surface area contributed by atoms with Gasteiger partial charge in [0, 0.05) is 12.5 Å². The molecule has 7 rings (SSSR count). The highest BCUT2D eigenvalue weighted by Crippen LogP contribution is 2.56. The molecule has 1 saturated heterocycles. The van der Waals surface area contributed by atoms with Crippen molar-refractivity contribution in [3.8, 4) is 33.6 Å². The molecule has 5 N–H and O–H groups in total. The molecule has 0 radical (unpaired) electrons. The quantitative estimate of drug-likeness (QED) is 0.0875. The smallest absolute Gasteiger partial charge is 0.407 e. The number of carbonyl (C=O) groups excluding carboxylic acids is 5. The van der Waals surface area contributed by atoms with Crippen molar-refractivity contribution in [1.29, 1.82) is 0 Å². The van der Waals surface area contributed by atoms with E-state index in [0.717, 1.165) is 77.4 Å². The number of hydrogen-bond donors (Lipinski definition) is 5. The molecule has 0 spiro atoms. The van der Waals surface area contributed by atoms with Crippen LogP contribution >= 0.6 is 0 Å². The van der Waals surface area contributed by atoms with Crippen LogP contribution in [0.4, 0.5) is 4.79 Å². The average molecular weight is 835 g/mol. The average Bonchev–Trinajstić information content (AvgIpc) is 4.12. The summed E-state index contributed by atoms with van der Waals surface area (Å²) in [7, 11) is 1.29. The zero-order chi connectivity index (χ0) is 43.4. The first-order valence-corrected chi connectivity index (χ1v) is 21.6. The van der Waals surface area contributed by atoms with Crippen molar-refractivity contribution >= 4 is 29.8 Å². The fourth-order valence-electron chi connectivity index (χ4n) is 9.51. The number of esters is 1. The van der Waals surface area contributed by atoms with Crippen LogP contribution in [-0.2, 0) is 28.7 Å². The summed E-state index contributed by atoms with van der Waals surface area (Å²) in [6.07, 6.45) is 7.58. The first kappa shape index (κ1) is 43.1. The maximum atomic E-state index is 13.9. The Hall–Kier alpha value is -5.99. The van der Waals surface area contributed by atoms with Gasteiger partial charge in [0.05, 0.1) is 49.5 Å². The van der Waals surface area contributed by atoms with Crippen LogP contribution in [0, 0.1) is 29.6 Å². The van der Waals surface area contributed by atoms with Crippen LogP contribution in [0.25, 0.3) is 33.6 Å². The van der Waals surface area contributed by atoms with Crippen LogP contribution in [0.1, 0.15) is 90.3 Å². The number of H-pyrrole nitrogens is 2. The van der Waals surface area contributed by atoms with Gasteiger partial charge < -0.3 is 40.3 Å². The molecule has 15 nitrogen and oxygen atoms in total. The minimum absolute atomic E-state index is 0.0844. The first-order chi connectivity index (χ1) is 29.4. The van der Waals surface area contributed by atoms with Gasteiger partial charge in [0.1, 0.15) is 30.3 Å². The molecular formula is C46H58N8O7. The molecule has 2 aromatic heterocycles. The fraction of sp³-hybridized carbons (Fsp3) is 0.500. The van der Waals surface area contributed by atoms with Gasteiger partial charge in [0.2, 0.25) is 17.7 Å². The van der Waals surface area contributed by atoms with E-state index in [9.17, 15) is 24.0 Å². The van der Waals surface area contributed by atoms with Gasteiger partial charge in [-0.15, -0.1) is 0 Å². The van der Waals surface area contributed by atoms with Crippen molar-refractivity contribution < 1.29 is 33.4 Å². The Bertz CT molecular complexity index is 2200. The maximum absolute atomic E-state index is 13.9. The fourth-order valence-corrected chi connectivity index (χ4v) is 9.51. The summed E-state index contributed by atoms with van der Waals surface area (Å²) in [5.74, 6) is 0.151. The molecule has 2 aliphatic carbocycles. The Kier molecular flexibility index (Phi) is 13.2. The van der Waals surface area contributed by atoms with Crippen molar-refractivity contribution in [2.45, 2.75) is 90.8 Å². The van der Waals surface area contributed by atoms with Gasteiger partial charge in [-0.3, -0.25) is 19.2 Å². The Morgan fingerprint density at radius 3 is 1.93 bits per heavy atom. The van der Waals surface area contributed by atoms with Gasteiger partial charge in [-0.05, 0) is 85.0 Å². The molecule has 4 amide bonds. The molecule has 324 valence electrons. The maximum Gasteiger partial charge on any atom is 0.407 e. The predicted octanol–water partition coefficient (Wildman–Crippen LogP) is 6.13. The zero-order valence-corrected chi connectivity index (χ0v) is 35.8. The van der Waals surface area contributed by atoms with Gasteiger partial charge in [0.15, 0.2) is 0 Å². The lowest BCUT2D eigenvalue weighted by atomic mass is 9.78. The van der Waals surface area contributed by atoms with E-state index in [4.69, 9.17) is 14.5 Å². The van der Waals surface area contributed by atoms with Crippen molar-refractivity contribution in [3.63, 3.8) is 0 Å². The molecule has 3 aliphatic rings. The van der Waals surface area contributed by atoms with E-state index in [0.29, 0.717) is 12.5 Å². The molecule has 1 aliphatic heterocycles. The number of ether oxygens (including phenoxy) is 2. The normalized spacial score (nSPS) is 21.6. The van der Waals surface area contributed by atoms with Gasteiger partial charge in [-0.2, -0.15) is 0 Å². The van der Waals surface area contributed by atoms with E-state index in [1.54, 1.807) is 18.0 Å². The number of fused-ring (bicyclic) bond motifs is 2. The number of rotatable bonds is 15.